The maximum atomic E-state index is 13.1. The van der Waals surface area contributed by atoms with Crippen LogP contribution in [0.1, 0.15) is 0 Å². The Morgan fingerprint density at radius 1 is 0.400 bits per heavy atom. The molecule has 0 radical (unpaired) electrons. The largest absolute Gasteiger partial charge is 0.459 e. The molecular weight excluding hydrogens is 404 g/mol. The van der Waals surface area contributed by atoms with Crippen LogP contribution in [0.4, 0.5) is 43.9 Å². The molecule has 0 aromatic carbocycles. The van der Waals surface area contributed by atoms with Gasteiger partial charge in [-0.3, -0.25) is 0 Å². The van der Waals surface area contributed by atoms with E-state index in [9.17, 15) is 43.9 Å². The molecule has 0 saturated heterocycles. The van der Waals surface area contributed by atoms with Crippen molar-refractivity contribution >= 4 is 46.4 Å². The van der Waals surface area contributed by atoms with Gasteiger partial charge in [0.25, 0.3) is 4.33 Å². The lowest BCUT2D eigenvalue weighted by molar-refractivity contribution is -0.360. The van der Waals surface area contributed by atoms with Gasteiger partial charge in [0.1, 0.15) is 0 Å². The van der Waals surface area contributed by atoms with Crippen molar-refractivity contribution < 1.29 is 43.9 Å². The summed E-state index contributed by atoms with van der Waals surface area (Å²) in [5.74, 6) is -13.7. The summed E-state index contributed by atoms with van der Waals surface area (Å²) in [5.41, 5.74) is 0. The third-order valence-electron chi connectivity index (χ3n) is 1.90. The van der Waals surface area contributed by atoms with E-state index < -0.39 is 32.9 Å². The van der Waals surface area contributed by atoms with Gasteiger partial charge in [-0.15, -0.1) is 0 Å². The number of rotatable bonds is 3. The Balaban J connectivity index is 6.08. The number of alkyl halides is 14. The highest BCUT2D eigenvalue weighted by Gasteiger charge is 2.86. The van der Waals surface area contributed by atoms with E-state index in [1.54, 1.807) is 0 Å². The lowest BCUT2D eigenvalue weighted by atomic mass is 10.0. The fourth-order valence-corrected chi connectivity index (χ4v) is 1.44. The lowest BCUT2D eigenvalue weighted by Gasteiger charge is -2.42. The molecule has 0 aromatic rings. The van der Waals surface area contributed by atoms with Crippen LogP contribution >= 0.6 is 46.4 Å². The van der Waals surface area contributed by atoms with Crippen LogP contribution in [-0.4, -0.2) is 32.9 Å². The molecule has 0 rings (SSSR count). The summed E-state index contributed by atoms with van der Waals surface area (Å²) in [6.45, 7) is 0. The SMILES string of the molecule is FC(F)(F)C(F)(F)C(F)(F)C(Cl)(Cl)C(Cl)(Cl)C(F)(F)F. The maximum absolute atomic E-state index is 13.1. The van der Waals surface area contributed by atoms with Gasteiger partial charge in [-0.25, -0.2) is 0 Å². The lowest BCUT2D eigenvalue weighted by Crippen LogP contribution is -2.67. The minimum atomic E-state index is -7.02. The Hall–Kier alpha value is 0.460. The normalized spacial score (nSPS) is 16.5. The smallest absolute Gasteiger partial charge is 0.196 e. The summed E-state index contributed by atoms with van der Waals surface area (Å²) in [6.07, 6.45) is -13.1. The van der Waals surface area contributed by atoms with E-state index >= 15 is 0 Å². The fraction of sp³-hybridized carbons (Fsp3) is 1.00. The van der Waals surface area contributed by atoms with Gasteiger partial charge < -0.3 is 0 Å². The van der Waals surface area contributed by atoms with Crippen molar-refractivity contribution in [3.63, 3.8) is 0 Å². The summed E-state index contributed by atoms with van der Waals surface area (Å²) in [4.78, 5) is 0. The van der Waals surface area contributed by atoms with Gasteiger partial charge in [-0.1, -0.05) is 46.4 Å². The first kappa shape index (κ1) is 20.5. The molecule has 0 aromatic heterocycles. The summed E-state index contributed by atoms with van der Waals surface area (Å²) < 4.78 is 113. The van der Waals surface area contributed by atoms with Crippen molar-refractivity contribution in [3.05, 3.63) is 0 Å². The van der Waals surface area contributed by atoms with Gasteiger partial charge in [0.05, 0.1) is 0 Å². The average molecular weight is 404 g/mol. The van der Waals surface area contributed by atoms with Crippen LogP contribution in [-0.2, 0) is 0 Å². The zero-order valence-electron chi connectivity index (χ0n) is 8.29. The highest BCUT2D eigenvalue weighted by Crippen LogP contribution is 2.64. The van der Waals surface area contributed by atoms with E-state index in [4.69, 9.17) is 0 Å². The molecule has 0 fully saturated rings. The summed E-state index contributed by atoms with van der Waals surface area (Å²) in [6, 6.07) is 0. The first-order chi connectivity index (χ1) is 8.25. The maximum Gasteiger partial charge on any atom is 0.459 e. The molecule has 0 saturated carbocycles. The van der Waals surface area contributed by atoms with Crippen LogP contribution in [0.15, 0.2) is 0 Å². The standard InChI is InChI=1S/C6Cl4F10/c7-1(8,2(9,10)5(15,16)17)3(11,12)4(13,14)6(18,19)20. The number of hydrogen-bond acceptors (Lipinski definition) is 0. The molecule has 0 heterocycles. The molecule has 14 heteroatoms. The molecule has 122 valence electrons. The Morgan fingerprint density at radius 3 is 0.900 bits per heavy atom. The highest BCUT2D eigenvalue weighted by molar-refractivity contribution is 6.63. The van der Waals surface area contributed by atoms with Crippen LogP contribution in [0.5, 0.6) is 0 Å². The van der Waals surface area contributed by atoms with E-state index in [2.05, 4.69) is 46.4 Å². The van der Waals surface area contributed by atoms with Crippen LogP contribution in [0, 0.1) is 0 Å². The highest BCUT2D eigenvalue weighted by atomic mass is 35.5. The molecule has 0 amide bonds. The first-order valence-corrected chi connectivity index (χ1v) is 5.41. The Morgan fingerprint density at radius 2 is 0.700 bits per heavy atom. The van der Waals surface area contributed by atoms with Crippen molar-refractivity contribution in [1.29, 1.82) is 0 Å². The average Bonchev–Trinajstić information content (AvgIpc) is 2.12. The number of hydrogen-bond donors (Lipinski definition) is 0. The van der Waals surface area contributed by atoms with Crippen LogP contribution < -0.4 is 0 Å². The molecule has 0 aliphatic rings. The quantitative estimate of drug-likeness (QED) is 0.417. The van der Waals surface area contributed by atoms with Gasteiger partial charge in [-0.2, -0.15) is 43.9 Å². The van der Waals surface area contributed by atoms with Gasteiger partial charge in [0.15, 0.2) is 0 Å². The van der Waals surface area contributed by atoms with Gasteiger partial charge >= 0.3 is 24.2 Å². The fourth-order valence-electron chi connectivity index (χ4n) is 0.750. The van der Waals surface area contributed by atoms with Crippen molar-refractivity contribution in [2.75, 3.05) is 0 Å². The minimum Gasteiger partial charge on any atom is -0.196 e. The van der Waals surface area contributed by atoms with E-state index in [0.717, 1.165) is 0 Å². The van der Waals surface area contributed by atoms with Crippen molar-refractivity contribution in [1.82, 2.24) is 0 Å². The molecule has 0 aliphatic heterocycles. The second-order valence-electron chi connectivity index (χ2n) is 3.29. The topological polar surface area (TPSA) is 0 Å². The summed E-state index contributed by atoms with van der Waals surface area (Å²) in [7, 11) is 0. The van der Waals surface area contributed by atoms with Crippen molar-refractivity contribution in [2.45, 2.75) is 32.9 Å². The molecular formula is C6Cl4F10. The minimum absolute atomic E-state index is 4.34. The third kappa shape index (κ3) is 2.72. The van der Waals surface area contributed by atoms with Gasteiger partial charge in [0.2, 0.25) is 4.33 Å². The third-order valence-corrected chi connectivity index (χ3v) is 4.32. The van der Waals surface area contributed by atoms with Crippen molar-refractivity contribution in [3.8, 4) is 0 Å². The second kappa shape index (κ2) is 4.99. The van der Waals surface area contributed by atoms with Gasteiger partial charge in [0, 0.05) is 0 Å². The summed E-state index contributed by atoms with van der Waals surface area (Å²) >= 11 is 17.4. The van der Waals surface area contributed by atoms with E-state index in [0.29, 0.717) is 0 Å². The van der Waals surface area contributed by atoms with Crippen LogP contribution in [0.2, 0.25) is 0 Å². The number of halogens is 14. The molecule has 0 spiro atoms. The molecule has 0 nitrogen and oxygen atoms in total. The van der Waals surface area contributed by atoms with E-state index in [1.165, 1.54) is 0 Å². The van der Waals surface area contributed by atoms with Crippen LogP contribution in [0.25, 0.3) is 0 Å². The molecule has 0 unspecified atom stereocenters. The second-order valence-corrected chi connectivity index (χ2v) is 5.95. The van der Waals surface area contributed by atoms with Gasteiger partial charge in [-0.05, 0) is 0 Å². The molecule has 20 heavy (non-hydrogen) atoms. The van der Waals surface area contributed by atoms with E-state index in [-0.39, 0.29) is 0 Å². The zero-order chi connectivity index (χ0) is 17.0. The molecule has 0 aliphatic carbocycles. The van der Waals surface area contributed by atoms with Crippen LogP contribution in [0.3, 0.4) is 0 Å². The predicted molar refractivity (Wildman–Crippen MR) is 50.9 cm³/mol. The summed E-state index contributed by atoms with van der Waals surface area (Å²) in [5, 5.41) is 0. The Bertz CT molecular complexity index is 331. The molecule has 0 atom stereocenters. The van der Waals surface area contributed by atoms with Crippen molar-refractivity contribution in [2.24, 2.45) is 0 Å². The molecule has 0 N–H and O–H groups in total. The Kier molecular flexibility index (Phi) is 5.10. The monoisotopic (exact) mass is 402 g/mol. The molecule has 0 bridgehead atoms. The van der Waals surface area contributed by atoms with E-state index in [1.807, 2.05) is 0 Å². The zero-order valence-corrected chi connectivity index (χ0v) is 11.3. The predicted octanol–water partition coefficient (Wildman–Crippen LogP) is 5.73. The Labute approximate surface area is 123 Å². The first-order valence-electron chi connectivity index (χ1n) is 3.90.